The minimum atomic E-state index is 0.971. The van der Waals surface area contributed by atoms with E-state index in [9.17, 15) is 0 Å². The molecule has 0 aliphatic heterocycles. The molecular weight excluding hydrogens is 210 g/mol. The lowest BCUT2D eigenvalue weighted by molar-refractivity contribution is 0.275. The van der Waals surface area contributed by atoms with Crippen LogP contribution in [-0.2, 0) is 6.54 Å². The van der Waals surface area contributed by atoms with Crippen LogP contribution in [0.15, 0.2) is 18.5 Å². The van der Waals surface area contributed by atoms with Crippen molar-refractivity contribution in [3.63, 3.8) is 0 Å². The van der Waals surface area contributed by atoms with E-state index in [2.05, 4.69) is 17.3 Å². The summed E-state index contributed by atoms with van der Waals surface area (Å²) in [5.41, 5.74) is 0. The molecule has 0 aromatic carbocycles. The van der Waals surface area contributed by atoms with Crippen molar-refractivity contribution in [2.45, 2.75) is 45.6 Å². The van der Waals surface area contributed by atoms with Gasteiger partial charge in [-0.2, -0.15) is 5.10 Å². The third-order valence-corrected chi connectivity index (χ3v) is 3.94. The quantitative estimate of drug-likeness (QED) is 0.768. The Morgan fingerprint density at radius 1 is 1.24 bits per heavy atom. The summed E-state index contributed by atoms with van der Waals surface area (Å²) in [5, 5.41) is 7.71. The standard InChI is InChI=1S/C14H25N3/c1-13-3-5-14(6-4-13)7-9-15-10-12-17-11-2-8-16-17/h2,8,11,13-15H,3-7,9-10,12H2,1H3. The van der Waals surface area contributed by atoms with Crippen LogP contribution in [-0.4, -0.2) is 22.9 Å². The monoisotopic (exact) mass is 235 g/mol. The fraction of sp³-hybridized carbons (Fsp3) is 0.786. The van der Waals surface area contributed by atoms with Gasteiger partial charge in [0, 0.05) is 18.9 Å². The van der Waals surface area contributed by atoms with Gasteiger partial charge in [-0.1, -0.05) is 32.6 Å². The summed E-state index contributed by atoms with van der Waals surface area (Å²) in [7, 11) is 0. The molecule has 2 rings (SSSR count). The van der Waals surface area contributed by atoms with E-state index < -0.39 is 0 Å². The van der Waals surface area contributed by atoms with Gasteiger partial charge >= 0.3 is 0 Å². The summed E-state index contributed by atoms with van der Waals surface area (Å²) in [4.78, 5) is 0. The van der Waals surface area contributed by atoms with Gasteiger partial charge in [0.15, 0.2) is 0 Å². The van der Waals surface area contributed by atoms with Gasteiger partial charge in [-0.05, 0) is 30.9 Å². The van der Waals surface area contributed by atoms with Crippen LogP contribution in [0.25, 0.3) is 0 Å². The predicted octanol–water partition coefficient (Wildman–Crippen LogP) is 2.69. The van der Waals surface area contributed by atoms with E-state index in [1.165, 1.54) is 38.6 Å². The van der Waals surface area contributed by atoms with Crippen molar-refractivity contribution in [2.75, 3.05) is 13.1 Å². The molecule has 0 radical (unpaired) electrons. The van der Waals surface area contributed by atoms with Crippen LogP contribution in [0.3, 0.4) is 0 Å². The van der Waals surface area contributed by atoms with E-state index in [1.807, 2.05) is 23.1 Å². The minimum absolute atomic E-state index is 0.971. The molecule has 1 N–H and O–H groups in total. The van der Waals surface area contributed by atoms with Gasteiger partial charge in [0.2, 0.25) is 0 Å². The first kappa shape index (κ1) is 12.6. The summed E-state index contributed by atoms with van der Waals surface area (Å²) < 4.78 is 1.98. The van der Waals surface area contributed by atoms with Crippen molar-refractivity contribution in [3.8, 4) is 0 Å². The summed E-state index contributed by atoms with van der Waals surface area (Å²) in [6.07, 6.45) is 11.0. The number of nitrogens with zero attached hydrogens (tertiary/aromatic N) is 2. The lowest BCUT2D eigenvalue weighted by Gasteiger charge is -2.26. The van der Waals surface area contributed by atoms with Gasteiger partial charge in [0.1, 0.15) is 0 Å². The molecule has 96 valence electrons. The smallest absolute Gasteiger partial charge is 0.0533 e. The van der Waals surface area contributed by atoms with Crippen molar-refractivity contribution in [3.05, 3.63) is 18.5 Å². The fourth-order valence-corrected chi connectivity index (χ4v) is 2.68. The van der Waals surface area contributed by atoms with E-state index in [-0.39, 0.29) is 0 Å². The van der Waals surface area contributed by atoms with E-state index in [4.69, 9.17) is 0 Å². The molecule has 1 saturated carbocycles. The molecule has 0 bridgehead atoms. The number of rotatable bonds is 6. The molecular formula is C14H25N3. The van der Waals surface area contributed by atoms with E-state index in [1.54, 1.807) is 0 Å². The highest BCUT2D eigenvalue weighted by atomic mass is 15.3. The van der Waals surface area contributed by atoms with E-state index in [0.29, 0.717) is 0 Å². The van der Waals surface area contributed by atoms with Crippen molar-refractivity contribution >= 4 is 0 Å². The largest absolute Gasteiger partial charge is 0.315 e. The number of nitrogens with one attached hydrogen (secondary N) is 1. The Bertz CT molecular complexity index is 286. The summed E-state index contributed by atoms with van der Waals surface area (Å²) in [5.74, 6) is 1.95. The lowest BCUT2D eigenvalue weighted by atomic mass is 9.81. The predicted molar refractivity (Wildman–Crippen MR) is 70.8 cm³/mol. The van der Waals surface area contributed by atoms with Gasteiger partial charge in [-0.3, -0.25) is 4.68 Å². The maximum Gasteiger partial charge on any atom is 0.0533 e. The Morgan fingerprint density at radius 3 is 2.76 bits per heavy atom. The Morgan fingerprint density at radius 2 is 2.06 bits per heavy atom. The van der Waals surface area contributed by atoms with Crippen molar-refractivity contribution in [1.82, 2.24) is 15.1 Å². The zero-order chi connectivity index (χ0) is 11.9. The average Bonchev–Trinajstić information content (AvgIpc) is 2.84. The maximum absolute atomic E-state index is 4.19. The highest BCUT2D eigenvalue weighted by Gasteiger charge is 2.17. The lowest BCUT2D eigenvalue weighted by Crippen LogP contribution is -2.24. The topological polar surface area (TPSA) is 29.9 Å². The molecule has 17 heavy (non-hydrogen) atoms. The number of hydrogen-bond acceptors (Lipinski definition) is 2. The molecule has 1 aliphatic carbocycles. The first-order valence-corrected chi connectivity index (χ1v) is 7.02. The molecule has 0 atom stereocenters. The van der Waals surface area contributed by atoms with Crippen molar-refractivity contribution in [1.29, 1.82) is 0 Å². The van der Waals surface area contributed by atoms with Gasteiger partial charge in [-0.15, -0.1) is 0 Å². The molecule has 3 nitrogen and oxygen atoms in total. The van der Waals surface area contributed by atoms with Crippen LogP contribution in [0.1, 0.15) is 39.0 Å². The molecule has 0 spiro atoms. The highest BCUT2D eigenvalue weighted by Crippen LogP contribution is 2.29. The first-order valence-electron chi connectivity index (χ1n) is 7.02. The average molecular weight is 235 g/mol. The van der Waals surface area contributed by atoms with Crippen LogP contribution in [0, 0.1) is 11.8 Å². The number of hydrogen-bond donors (Lipinski definition) is 1. The zero-order valence-electron chi connectivity index (χ0n) is 10.9. The molecule has 0 unspecified atom stereocenters. The fourth-order valence-electron chi connectivity index (χ4n) is 2.68. The van der Waals surface area contributed by atoms with Crippen LogP contribution < -0.4 is 5.32 Å². The second kappa shape index (κ2) is 6.80. The molecule has 1 aromatic rings. The van der Waals surface area contributed by atoms with Crippen LogP contribution in [0.5, 0.6) is 0 Å². The Balaban J connectivity index is 1.49. The third-order valence-electron chi connectivity index (χ3n) is 3.94. The minimum Gasteiger partial charge on any atom is -0.315 e. The second-order valence-electron chi connectivity index (χ2n) is 5.43. The molecule has 1 heterocycles. The van der Waals surface area contributed by atoms with Gasteiger partial charge in [0.25, 0.3) is 0 Å². The molecule has 3 heteroatoms. The van der Waals surface area contributed by atoms with Crippen molar-refractivity contribution < 1.29 is 0 Å². The first-order chi connectivity index (χ1) is 8.34. The van der Waals surface area contributed by atoms with E-state index >= 15 is 0 Å². The Kier molecular flexibility index (Phi) is 5.05. The maximum atomic E-state index is 4.19. The zero-order valence-corrected chi connectivity index (χ0v) is 10.9. The normalized spacial score (nSPS) is 25.0. The molecule has 0 saturated heterocycles. The Labute approximate surface area is 105 Å². The summed E-state index contributed by atoms with van der Waals surface area (Å²) in [6.45, 7) is 5.57. The Hall–Kier alpha value is -0.830. The highest BCUT2D eigenvalue weighted by molar-refractivity contribution is 4.77. The molecule has 1 aromatic heterocycles. The molecule has 1 aliphatic rings. The number of aromatic nitrogens is 2. The van der Waals surface area contributed by atoms with Crippen molar-refractivity contribution in [2.24, 2.45) is 11.8 Å². The van der Waals surface area contributed by atoms with Gasteiger partial charge < -0.3 is 5.32 Å². The molecule has 1 fully saturated rings. The summed E-state index contributed by atoms with van der Waals surface area (Å²) >= 11 is 0. The summed E-state index contributed by atoms with van der Waals surface area (Å²) in [6, 6.07) is 1.98. The van der Waals surface area contributed by atoms with Crippen LogP contribution in [0.2, 0.25) is 0 Å². The second-order valence-corrected chi connectivity index (χ2v) is 5.43. The van der Waals surface area contributed by atoms with Crippen LogP contribution in [0.4, 0.5) is 0 Å². The SMILES string of the molecule is CC1CCC(CCNCCn2cccn2)CC1. The van der Waals surface area contributed by atoms with E-state index in [0.717, 1.165) is 24.9 Å². The molecule has 0 amide bonds. The van der Waals surface area contributed by atoms with Crippen LogP contribution >= 0.6 is 0 Å². The third kappa shape index (κ3) is 4.50. The van der Waals surface area contributed by atoms with Gasteiger partial charge in [0.05, 0.1) is 6.54 Å². The van der Waals surface area contributed by atoms with Gasteiger partial charge in [-0.25, -0.2) is 0 Å².